The molecule has 0 aliphatic heterocycles. The number of fused-ring (bicyclic) bond motifs is 1. The molecule has 0 bridgehead atoms. The summed E-state index contributed by atoms with van der Waals surface area (Å²) < 4.78 is 4.85. The van der Waals surface area contributed by atoms with E-state index in [2.05, 4.69) is 0 Å². The van der Waals surface area contributed by atoms with Gasteiger partial charge in [-0.2, -0.15) is 0 Å². The minimum Gasteiger partial charge on any atom is -0.481 e. The van der Waals surface area contributed by atoms with Crippen molar-refractivity contribution in [3.8, 4) is 0 Å². The highest BCUT2D eigenvalue weighted by Gasteiger charge is 2.23. The molecule has 1 atom stereocenters. The van der Waals surface area contributed by atoms with E-state index in [-0.39, 0.29) is 13.0 Å². The van der Waals surface area contributed by atoms with Crippen LogP contribution in [0.15, 0.2) is 42.5 Å². The number of esters is 1. The zero-order valence-electron chi connectivity index (χ0n) is 11.9. The van der Waals surface area contributed by atoms with Crippen molar-refractivity contribution in [2.75, 3.05) is 6.61 Å². The quantitative estimate of drug-likeness (QED) is 0.829. The smallest absolute Gasteiger partial charge is 0.307 e. The third-order valence-electron chi connectivity index (χ3n) is 3.41. The first kappa shape index (κ1) is 15.0. The summed E-state index contributed by atoms with van der Waals surface area (Å²) in [6.45, 7) is 1.97. The van der Waals surface area contributed by atoms with Crippen LogP contribution in [-0.2, 0) is 20.7 Å². The van der Waals surface area contributed by atoms with Crippen LogP contribution in [0.2, 0.25) is 0 Å². The second kappa shape index (κ2) is 6.88. The fraction of sp³-hybridized carbons (Fsp3) is 0.294. The van der Waals surface area contributed by atoms with E-state index < -0.39 is 17.9 Å². The number of hydrogen-bond acceptors (Lipinski definition) is 3. The molecule has 0 unspecified atom stereocenters. The molecule has 0 saturated heterocycles. The van der Waals surface area contributed by atoms with E-state index in [0.29, 0.717) is 6.42 Å². The van der Waals surface area contributed by atoms with Gasteiger partial charge in [0.1, 0.15) is 0 Å². The summed E-state index contributed by atoms with van der Waals surface area (Å²) >= 11 is 0. The van der Waals surface area contributed by atoms with E-state index in [1.165, 1.54) is 0 Å². The number of ether oxygens (including phenoxy) is 1. The zero-order valence-corrected chi connectivity index (χ0v) is 11.9. The number of carboxylic acid groups (broad SMARTS) is 1. The molecule has 2 aromatic carbocycles. The summed E-state index contributed by atoms with van der Waals surface area (Å²) in [6, 6.07) is 13.6. The van der Waals surface area contributed by atoms with Crippen molar-refractivity contribution in [1.82, 2.24) is 0 Å². The SMILES string of the molecule is CCOC(=O)C[C@H](Cc1cccc2ccccc12)C(=O)O. The van der Waals surface area contributed by atoms with Crippen molar-refractivity contribution in [2.24, 2.45) is 5.92 Å². The maximum Gasteiger partial charge on any atom is 0.307 e. The Bertz CT molecular complexity index is 643. The standard InChI is InChI=1S/C17H18O4/c1-2-21-16(18)11-14(17(19)20)10-13-8-5-7-12-6-3-4-9-15(12)13/h3-9,14H,2,10-11H2,1H3,(H,19,20)/t14-/m0/s1. The van der Waals surface area contributed by atoms with Crippen LogP contribution >= 0.6 is 0 Å². The molecule has 2 rings (SSSR count). The van der Waals surface area contributed by atoms with E-state index in [0.717, 1.165) is 16.3 Å². The molecule has 0 saturated carbocycles. The molecule has 0 spiro atoms. The Hall–Kier alpha value is -2.36. The first-order chi connectivity index (χ1) is 10.1. The number of hydrogen-bond donors (Lipinski definition) is 1. The Kier molecular flexibility index (Phi) is 4.93. The summed E-state index contributed by atoms with van der Waals surface area (Å²) in [6.07, 6.45) is 0.210. The van der Waals surface area contributed by atoms with Gasteiger partial charge in [0.2, 0.25) is 0 Å². The maximum atomic E-state index is 11.5. The molecule has 0 aromatic heterocycles. The summed E-state index contributed by atoms with van der Waals surface area (Å²) in [5.41, 5.74) is 0.935. The monoisotopic (exact) mass is 286 g/mol. The Labute approximate surface area is 123 Å². The summed E-state index contributed by atoms with van der Waals surface area (Å²) in [7, 11) is 0. The van der Waals surface area contributed by atoms with Crippen LogP contribution in [0.5, 0.6) is 0 Å². The number of carbonyl (C=O) groups is 2. The Morgan fingerprint density at radius 1 is 1.14 bits per heavy atom. The van der Waals surface area contributed by atoms with Crippen molar-refractivity contribution >= 4 is 22.7 Å². The average molecular weight is 286 g/mol. The number of benzene rings is 2. The number of aliphatic carboxylic acids is 1. The molecular weight excluding hydrogens is 268 g/mol. The Balaban J connectivity index is 2.23. The molecule has 0 fully saturated rings. The van der Waals surface area contributed by atoms with Gasteiger partial charge in [0.25, 0.3) is 0 Å². The van der Waals surface area contributed by atoms with Gasteiger partial charge < -0.3 is 9.84 Å². The number of carboxylic acids is 1. The van der Waals surface area contributed by atoms with Gasteiger partial charge in [-0.1, -0.05) is 42.5 Å². The van der Waals surface area contributed by atoms with E-state index in [4.69, 9.17) is 4.74 Å². The third kappa shape index (κ3) is 3.81. The average Bonchev–Trinajstić information content (AvgIpc) is 2.47. The Morgan fingerprint density at radius 3 is 2.57 bits per heavy atom. The molecule has 0 aliphatic rings. The zero-order chi connectivity index (χ0) is 15.2. The lowest BCUT2D eigenvalue weighted by molar-refractivity contribution is -0.151. The lowest BCUT2D eigenvalue weighted by Gasteiger charge is -2.13. The summed E-state index contributed by atoms with van der Waals surface area (Å²) in [5, 5.41) is 11.4. The van der Waals surface area contributed by atoms with Crippen LogP contribution < -0.4 is 0 Å². The van der Waals surface area contributed by atoms with Crippen molar-refractivity contribution in [3.05, 3.63) is 48.0 Å². The maximum absolute atomic E-state index is 11.5. The predicted molar refractivity (Wildman–Crippen MR) is 80.0 cm³/mol. The van der Waals surface area contributed by atoms with Crippen molar-refractivity contribution in [1.29, 1.82) is 0 Å². The Morgan fingerprint density at radius 2 is 1.86 bits per heavy atom. The summed E-state index contributed by atoms with van der Waals surface area (Å²) in [4.78, 5) is 22.9. The van der Waals surface area contributed by atoms with Gasteiger partial charge in [-0.15, -0.1) is 0 Å². The van der Waals surface area contributed by atoms with Crippen LogP contribution in [0, 0.1) is 5.92 Å². The minimum absolute atomic E-state index is 0.105. The molecule has 0 aliphatic carbocycles. The normalized spacial score (nSPS) is 12.0. The largest absolute Gasteiger partial charge is 0.481 e. The van der Waals surface area contributed by atoms with Gasteiger partial charge in [-0.25, -0.2) is 0 Å². The van der Waals surface area contributed by atoms with Crippen molar-refractivity contribution in [3.63, 3.8) is 0 Å². The molecular formula is C17H18O4. The minimum atomic E-state index is -0.976. The lowest BCUT2D eigenvalue weighted by Crippen LogP contribution is -2.21. The molecule has 0 radical (unpaired) electrons. The topological polar surface area (TPSA) is 63.6 Å². The van der Waals surface area contributed by atoms with Crippen LogP contribution in [0.1, 0.15) is 18.9 Å². The van der Waals surface area contributed by atoms with Gasteiger partial charge in [0, 0.05) is 0 Å². The van der Waals surface area contributed by atoms with Gasteiger partial charge in [-0.05, 0) is 29.7 Å². The third-order valence-corrected chi connectivity index (χ3v) is 3.41. The van der Waals surface area contributed by atoms with Gasteiger partial charge in [0.15, 0.2) is 0 Å². The van der Waals surface area contributed by atoms with Gasteiger partial charge >= 0.3 is 11.9 Å². The molecule has 4 nitrogen and oxygen atoms in total. The first-order valence-corrected chi connectivity index (χ1v) is 6.97. The molecule has 4 heteroatoms. The fourth-order valence-electron chi connectivity index (χ4n) is 2.40. The van der Waals surface area contributed by atoms with E-state index >= 15 is 0 Å². The fourth-order valence-corrected chi connectivity index (χ4v) is 2.40. The predicted octanol–water partition coefficient (Wildman–Crippen LogP) is 3.04. The van der Waals surface area contributed by atoms with Crippen LogP contribution in [0.4, 0.5) is 0 Å². The molecule has 0 amide bonds. The van der Waals surface area contributed by atoms with E-state index in [1.54, 1.807) is 6.92 Å². The summed E-state index contributed by atoms with van der Waals surface area (Å²) in [5.74, 6) is -2.21. The first-order valence-electron chi connectivity index (χ1n) is 6.97. The van der Waals surface area contributed by atoms with E-state index in [9.17, 15) is 14.7 Å². The molecule has 2 aromatic rings. The molecule has 0 heterocycles. The number of rotatable bonds is 6. The molecule has 110 valence electrons. The highest BCUT2D eigenvalue weighted by molar-refractivity contribution is 5.86. The highest BCUT2D eigenvalue weighted by Crippen LogP contribution is 2.22. The number of carbonyl (C=O) groups excluding carboxylic acids is 1. The second-order valence-electron chi connectivity index (χ2n) is 4.89. The van der Waals surface area contributed by atoms with Crippen LogP contribution in [0.25, 0.3) is 10.8 Å². The van der Waals surface area contributed by atoms with Gasteiger partial charge in [0.05, 0.1) is 18.9 Å². The lowest BCUT2D eigenvalue weighted by atomic mass is 9.93. The second-order valence-corrected chi connectivity index (χ2v) is 4.89. The van der Waals surface area contributed by atoms with Crippen molar-refractivity contribution < 1.29 is 19.4 Å². The molecule has 21 heavy (non-hydrogen) atoms. The van der Waals surface area contributed by atoms with Crippen molar-refractivity contribution in [2.45, 2.75) is 19.8 Å². The van der Waals surface area contributed by atoms with E-state index in [1.807, 2.05) is 42.5 Å². The van der Waals surface area contributed by atoms with Gasteiger partial charge in [-0.3, -0.25) is 9.59 Å². The van der Waals surface area contributed by atoms with Crippen LogP contribution in [0.3, 0.4) is 0 Å². The molecule has 1 N–H and O–H groups in total. The highest BCUT2D eigenvalue weighted by atomic mass is 16.5. The van der Waals surface area contributed by atoms with Crippen LogP contribution in [-0.4, -0.2) is 23.7 Å².